The molecule has 0 aliphatic carbocycles. The van der Waals surface area contributed by atoms with E-state index in [1.807, 2.05) is 0 Å². The second kappa shape index (κ2) is 7.78. The van der Waals surface area contributed by atoms with Crippen molar-refractivity contribution >= 4 is 5.91 Å². The van der Waals surface area contributed by atoms with Gasteiger partial charge in [0.25, 0.3) is 0 Å². The summed E-state index contributed by atoms with van der Waals surface area (Å²) in [7, 11) is 0. The number of nitrogens with one attached hydrogen (secondary N) is 1. The largest absolute Gasteiger partial charge is 0.341 e. The summed E-state index contributed by atoms with van der Waals surface area (Å²) in [6.45, 7) is 11.7. The van der Waals surface area contributed by atoms with E-state index in [0.717, 1.165) is 44.8 Å². The maximum Gasteiger partial charge on any atom is 0.222 e. The standard InChI is InChI=1S/C15H30N2O/c1-5-9-16-13(4)11-17-10-8-14(12(2)3)6-7-15(17)18/h12-14,16H,5-11H2,1-4H3. The van der Waals surface area contributed by atoms with Crippen LogP contribution >= 0.6 is 0 Å². The van der Waals surface area contributed by atoms with Gasteiger partial charge < -0.3 is 10.2 Å². The van der Waals surface area contributed by atoms with Gasteiger partial charge in [0, 0.05) is 25.6 Å². The minimum atomic E-state index is 0.350. The van der Waals surface area contributed by atoms with Crippen LogP contribution in [0, 0.1) is 11.8 Å². The molecule has 1 N–H and O–H groups in total. The number of carbonyl (C=O) groups excluding carboxylic acids is 1. The lowest BCUT2D eigenvalue weighted by Gasteiger charge is -2.25. The number of carbonyl (C=O) groups is 1. The van der Waals surface area contributed by atoms with Gasteiger partial charge in [0.05, 0.1) is 0 Å². The van der Waals surface area contributed by atoms with E-state index in [4.69, 9.17) is 0 Å². The fraction of sp³-hybridized carbons (Fsp3) is 0.933. The van der Waals surface area contributed by atoms with E-state index >= 15 is 0 Å². The summed E-state index contributed by atoms with van der Waals surface area (Å²) in [4.78, 5) is 14.2. The van der Waals surface area contributed by atoms with Crippen molar-refractivity contribution in [3.63, 3.8) is 0 Å². The van der Waals surface area contributed by atoms with Gasteiger partial charge >= 0.3 is 0 Å². The second-order valence-corrected chi connectivity index (χ2v) is 6.03. The van der Waals surface area contributed by atoms with Gasteiger partial charge in [-0.3, -0.25) is 4.79 Å². The van der Waals surface area contributed by atoms with E-state index in [1.165, 1.54) is 6.42 Å². The Labute approximate surface area is 112 Å². The molecule has 1 aliphatic rings. The molecule has 0 aromatic rings. The molecular formula is C15H30N2O. The first-order valence-electron chi connectivity index (χ1n) is 7.55. The number of hydrogen-bond donors (Lipinski definition) is 1. The molecule has 0 aromatic heterocycles. The Morgan fingerprint density at radius 1 is 1.33 bits per heavy atom. The summed E-state index contributed by atoms with van der Waals surface area (Å²) in [6, 6.07) is 0.407. The first-order valence-corrected chi connectivity index (χ1v) is 7.55. The summed E-state index contributed by atoms with van der Waals surface area (Å²) in [6.07, 6.45) is 4.13. The molecule has 106 valence electrons. The van der Waals surface area contributed by atoms with Gasteiger partial charge in [-0.2, -0.15) is 0 Å². The number of rotatable bonds is 6. The van der Waals surface area contributed by atoms with Crippen LogP contribution < -0.4 is 5.32 Å². The van der Waals surface area contributed by atoms with Crippen LogP contribution in [0.15, 0.2) is 0 Å². The van der Waals surface area contributed by atoms with Crippen molar-refractivity contribution in [1.29, 1.82) is 0 Å². The lowest BCUT2D eigenvalue weighted by Crippen LogP contribution is -2.42. The zero-order valence-electron chi connectivity index (χ0n) is 12.5. The Bertz CT molecular complexity index is 253. The molecule has 0 aromatic carbocycles. The predicted octanol–water partition coefficient (Wildman–Crippen LogP) is 2.66. The molecule has 1 amide bonds. The summed E-state index contributed by atoms with van der Waals surface area (Å²) in [5, 5.41) is 3.46. The Morgan fingerprint density at radius 3 is 2.67 bits per heavy atom. The lowest BCUT2D eigenvalue weighted by molar-refractivity contribution is -0.131. The first kappa shape index (κ1) is 15.5. The number of nitrogens with zero attached hydrogens (tertiary/aromatic N) is 1. The topological polar surface area (TPSA) is 32.3 Å². The van der Waals surface area contributed by atoms with Gasteiger partial charge in [-0.05, 0) is 44.6 Å². The third kappa shape index (κ3) is 4.97. The smallest absolute Gasteiger partial charge is 0.222 e. The summed E-state index contributed by atoms with van der Waals surface area (Å²) < 4.78 is 0. The highest BCUT2D eigenvalue weighted by Crippen LogP contribution is 2.25. The van der Waals surface area contributed by atoms with E-state index in [2.05, 4.69) is 37.9 Å². The molecular weight excluding hydrogens is 224 g/mol. The summed E-state index contributed by atoms with van der Waals surface area (Å²) in [5.41, 5.74) is 0. The second-order valence-electron chi connectivity index (χ2n) is 6.03. The molecule has 1 saturated heterocycles. The molecule has 3 nitrogen and oxygen atoms in total. The van der Waals surface area contributed by atoms with Crippen molar-refractivity contribution in [2.24, 2.45) is 11.8 Å². The van der Waals surface area contributed by atoms with Gasteiger partial charge in [-0.25, -0.2) is 0 Å². The molecule has 2 unspecified atom stereocenters. The Kier molecular flexibility index (Phi) is 6.69. The van der Waals surface area contributed by atoms with Crippen molar-refractivity contribution in [3.05, 3.63) is 0 Å². The van der Waals surface area contributed by atoms with Gasteiger partial charge in [0.15, 0.2) is 0 Å². The highest BCUT2D eigenvalue weighted by Gasteiger charge is 2.24. The normalized spacial score (nSPS) is 23.3. The van der Waals surface area contributed by atoms with Crippen LogP contribution in [0.5, 0.6) is 0 Å². The van der Waals surface area contributed by atoms with Crippen LogP contribution in [0.25, 0.3) is 0 Å². The highest BCUT2D eigenvalue weighted by molar-refractivity contribution is 5.76. The molecule has 1 rings (SSSR count). The van der Waals surface area contributed by atoms with Gasteiger partial charge in [-0.15, -0.1) is 0 Å². The third-order valence-corrected chi connectivity index (χ3v) is 4.03. The molecule has 1 aliphatic heterocycles. The maximum atomic E-state index is 12.1. The van der Waals surface area contributed by atoms with E-state index < -0.39 is 0 Å². The van der Waals surface area contributed by atoms with Crippen LogP contribution in [0.3, 0.4) is 0 Å². The lowest BCUT2D eigenvalue weighted by atomic mass is 9.89. The van der Waals surface area contributed by atoms with Crippen LogP contribution in [-0.4, -0.2) is 36.5 Å². The Balaban J connectivity index is 2.43. The molecule has 0 bridgehead atoms. The van der Waals surface area contributed by atoms with E-state index in [-0.39, 0.29) is 0 Å². The number of amides is 1. The van der Waals surface area contributed by atoms with Gasteiger partial charge in [-0.1, -0.05) is 20.8 Å². The number of hydrogen-bond acceptors (Lipinski definition) is 2. The van der Waals surface area contributed by atoms with Crippen molar-refractivity contribution in [3.8, 4) is 0 Å². The first-order chi connectivity index (χ1) is 8.54. The molecule has 0 spiro atoms. The molecule has 2 atom stereocenters. The quantitative estimate of drug-likeness (QED) is 0.790. The molecule has 0 saturated carbocycles. The zero-order chi connectivity index (χ0) is 13.5. The highest BCUT2D eigenvalue weighted by atomic mass is 16.2. The maximum absolute atomic E-state index is 12.1. The number of likely N-dealkylation sites (tertiary alicyclic amines) is 1. The molecule has 1 heterocycles. The van der Waals surface area contributed by atoms with Gasteiger partial charge in [0.2, 0.25) is 5.91 Å². The predicted molar refractivity (Wildman–Crippen MR) is 76.5 cm³/mol. The SMILES string of the molecule is CCCNC(C)CN1CCC(C(C)C)CCC1=O. The average Bonchev–Trinajstić information content (AvgIpc) is 2.50. The minimum Gasteiger partial charge on any atom is -0.341 e. The average molecular weight is 254 g/mol. The van der Waals surface area contributed by atoms with Crippen LogP contribution in [0.2, 0.25) is 0 Å². The van der Waals surface area contributed by atoms with E-state index in [1.54, 1.807) is 0 Å². The molecule has 18 heavy (non-hydrogen) atoms. The summed E-state index contributed by atoms with van der Waals surface area (Å²) >= 11 is 0. The van der Waals surface area contributed by atoms with Crippen LogP contribution in [0.1, 0.15) is 53.4 Å². The Morgan fingerprint density at radius 2 is 2.06 bits per heavy atom. The fourth-order valence-electron chi connectivity index (χ4n) is 2.70. The van der Waals surface area contributed by atoms with Crippen LogP contribution in [-0.2, 0) is 4.79 Å². The van der Waals surface area contributed by atoms with E-state index in [9.17, 15) is 4.79 Å². The minimum absolute atomic E-state index is 0.350. The third-order valence-electron chi connectivity index (χ3n) is 4.03. The molecule has 0 radical (unpaired) electrons. The molecule has 3 heteroatoms. The van der Waals surface area contributed by atoms with E-state index in [0.29, 0.717) is 17.9 Å². The molecule has 1 fully saturated rings. The van der Waals surface area contributed by atoms with Crippen molar-refractivity contribution in [1.82, 2.24) is 10.2 Å². The fourth-order valence-corrected chi connectivity index (χ4v) is 2.70. The van der Waals surface area contributed by atoms with Crippen LogP contribution in [0.4, 0.5) is 0 Å². The zero-order valence-corrected chi connectivity index (χ0v) is 12.5. The van der Waals surface area contributed by atoms with Crippen molar-refractivity contribution in [2.75, 3.05) is 19.6 Å². The Hall–Kier alpha value is -0.570. The van der Waals surface area contributed by atoms with Crippen molar-refractivity contribution in [2.45, 2.75) is 59.4 Å². The van der Waals surface area contributed by atoms with Crippen molar-refractivity contribution < 1.29 is 4.79 Å². The monoisotopic (exact) mass is 254 g/mol. The summed E-state index contributed by atoms with van der Waals surface area (Å²) in [5.74, 6) is 1.77. The van der Waals surface area contributed by atoms with Gasteiger partial charge in [0.1, 0.15) is 0 Å².